The van der Waals surface area contributed by atoms with E-state index in [4.69, 9.17) is 5.73 Å². The van der Waals surface area contributed by atoms with Crippen LogP contribution in [0.25, 0.3) is 0 Å². The van der Waals surface area contributed by atoms with E-state index in [1.165, 1.54) is 0 Å². The number of methoxy groups -OCH3 is 1. The third kappa shape index (κ3) is 8.16. The minimum atomic E-state index is -3.57. The molecule has 26 heavy (non-hydrogen) atoms. The van der Waals surface area contributed by atoms with Crippen molar-refractivity contribution >= 4 is 34.1 Å². The molecule has 0 heterocycles. The van der Waals surface area contributed by atoms with Crippen LogP contribution in [0.15, 0.2) is 24.3 Å². The molecule has 0 radical (unpaired) electrons. The van der Waals surface area contributed by atoms with Crippen molar-refractivity contribution in [2.45, 2.75) is 39.1 Å². The summed E-state index contributed by atoms with van der Waals surface area (Å²) in [5.41, 5.74) is 6.94. The van der Waals surface area contributed by atoms with E-state index in [9.17, 15) is 18.0 Å². The van der Waals surface area contributed by atoms with Gasteiger partial charge in [0, 0.05) is 6.54 Å². The Morgan fingerprint density at radius 2 is 1.65 bits per heavy atom. The van der Waals surface area contributed by atoms with Gasteiger partial charge in [0.1, 0.15) is 5.75 Å². The maximum Gasteiger partial charge on any atom is 0.320 e. The number of hydrogen-bond donors (Lipinski definition) is 2. The molecule has 0 aliphatic rings. The van der Waals surface area contributed by atoms with Crippen LogP contribution >= 0.6 is 12.4 Å². The summed E-state index contributed by atoms with van der Waals surface area (Å²) in [7, 11) is -2.43. The first-order valence-corrected chi connectivity index (χ1v) is 9.65. The second-order valence-corrected chi connectivity index (χ2v) is 9.05. The molecule has 0 aromatic heterocycles. The molecule has 0 aliphatic heterocycles. The quantitative estimate of drug-likeness (QED) is 0.657. The maximum atomic E-state index is 12.0. The van der Waals surface area contributed by atoms with Gasteiger partial charge in [0.15, 0.2) is 9.84 Å². The number of ether oxygens (including phenoxy) is 1. The first kappa shape index (κ1) is 24.4. The molecule has 1 atom stereocenters. The zero-order valence-electron chi connectivity index (χ0n) is 15.4. The molecule has 9 heteroatoms. The smallest absolute Gasteiger partial charge is 0.320 e. The molecule has 3 N–H and O–H groups in total. The number of sulfone groups is 1. The highest BCUT2D eigenvalue weighted by Crippen LogP contribution is 2.17. The number of nitrogens with one attached hydrogen (secondary N) is 1. The number of nitrogens with two attached hydrogens (primary N) is 1. The van der Waals surface area contributed by atoms with Gasteiger partial charge < -0.3 is 15.8 Å². The number of esters is 1. The maximum absolute atomic E-state index is 12.0. The van der Waals surface area contributed by atoms with Gasteiger partial charge in [0.2, 0.25) is 5.91 Å². The van der Waals surface area contributed by atoms with Gasteiger partial charge in [0.25, 0.3) is 0 Å². The van der Waals surface area contributed by atoms with Crippen LogP contribution in [0.2, 0.25) is 0 Å². The number of hydrogen-bond acceptors (Lipinski definition) is 6. The fourth-order valence-electron chi connectivity index (χ4n) is 1.99. The van der Waals surface area contributed by atoms with Crippen LogP contribution in [-0.4, -0.2) is 39.2 Å². The zero-order chi connectivity index (χ0) is 19.3. The summed E-state index contributed by atoms with van der Waals surface area (Å²) in [6.07, 6.45) is 0. The molecule has 0 fully saturated rings. The van der Waals surface area contributed by atoms with Gasteiger partial charge in [-0.1, -0.05) is 45.0 Å². The number of halogens is 1. The fourth-order valence-corrected chi connectivity index (χ4v) is 3.27. The summed E-state index contributed by atoms with van der Waals surface area (Å²) < 4.78 is 28.1. The lowest BCUT2D eigenvalue weighted by Gasteiger charge is -2.25. The third-order valence-corrected chi connectivity index (χ3v) is 5.11. The second kappa shape index (κ2) is 9.89. The fraction of sp³-hybridized carbons (Fsp3) is 0.529. The van der Waals surface area contributed by atoms with E-state index < -0.39 is 27.6 Å². The van der Waals surface area contributed by atoms with Crippen molar-refractivity contribution in [1.29, 1.82) is 0 Å². The van der Waals surface area contributed by atoms with Crippen molar-refractivity contribution in [3.63, 3.8) is 0 Å². The van der Waals surface area contributed by atoms with Crippen molar-refractivity contribution in [2.24, 2.45) is 11.1 Å². The number of rotatable bonds is 7. The second-order valence-electron chi connectivity index (χ2n) is 6.99. The highest BCUT2D eigenvalue weighted by atomic mass is 35.5. The number of amides is 1. The Bertz CT molecular complexity index is 712. The molecule has 0 saturated carbocycles. The topological polar surface area (TPSA) is 116 Å². The normalized spacial score (nSPS) is 12.7. The molecule has 148 valence electrons. The summed E-state index contributed by atoms with van der Waals surface area (Å²) in [6.45, 7) is 5.97. The van der Waals surface area contributed by atoms with Crippen LogP contribution in [-0.2, 0) is 36.5 Å². The SMILES string of the molecule is COC(=O)CS(=O)(=O)Cc1ccc(CNC(=O)[C@@H](N)C(C)(C)C)cc1.Cl. The van der Waals surface area contributed by atoms with Gasteiger partial charge in [-0.25, -0.2) is 8.42 Å². The van der Waals surface area contributed by atoms with Crippen molar-refractivity contribution in [2.75, 3.05) is 12.9 Å². The Morgan fingerprint density at radius 1 is 1.15 bits per heavy atom. The van der Waals surface area contributed by atoms with E-state index in [1.807, 2.05) is 20.8 Å². The summed E-state index contributed by atoms with van der Waals surface area (Å²) in [5.74, 6) is -1.91. The summed E-state index contributed by atoms with van der Waals surface area (Å²) >= 11 is 0. The Balaban J connectivity index is 0.00000625. The molecule has 1 aromatic rings. The predicted octanol–water partition coefficient (Wildman–Crippen LogP) is 1.19. The standard InChI is InChI=1S/C17H26N2O5S.ClH/c1-17(2,3)15(18)16(21)19-9-12-5-7-13(8-6-12)10-25(22,23)11-14(20)24-4;/h5-8,15H,9-11,18H2,1-4H3,(H,19,21);1H/t15-;/m1./s1. The molecule has 1 aromatic carbocycles. The lowest BCUT2D eigenvalue weighted by atomic mass is 9.87. The molecule has 0 spiro atoms. The first-order valence-electron chi connectivity index (χ1n) is 7.83. The van der Waals surface area contributed by atoms with Gasteiger partial charge in [-0.15, -0.1) is 12.4 Å². The molecule has 7 nitrogen and oxygen atoms in total. The lowest BCUT2D eigenvalue weighted by molar-refractivity contribution is -0.137. The molecule has 0 aliphatic carbocycles. The molecular weight excluding hydrogens is 380 g/mol. The van der Waals surface area contributed by atoms with Gasteiger partial charge in [-0.05, 0) is 16.5 Å². The molecule has 0 saturated heterocycles. The Kier molecular flexibility index (Phi) is 9.27. The molecule has 1 amide bonds. The van der Waals surface area contributed by atoms with Crippen molar-refractivity contribution in [3.8, 4) is 0 Å². The minimum absolute atomic E-state index is 0. The molecule has 0 bridgehead atoms. The first-order chi connectivity index (χ1) is 11.4. The third-order valence-electron chi connectivity index (χ3n) is 3.66. The van der Waals surface area contributed by atoms with E-state index in [1.54, 1.807) is 24.3 Å². The van der Waals surface area contributed by atoms with Crippen LogP contribution in [0.4, 0.5) is 0 Å². The Morgan fingerprint density at radius 3 is 2.12 bits per heavy atom. The van der Waals surface area contributed by atoms with E-state index in [0.717, 1.165) is 12.7 Å². The van der Waals surface area contributed by atoms with Crippen molar-refractivity contribution in [1.82, 2.24) is 5.32 Å². The van der Waals surface area contributed by atoms with E-state index >= 15 is 0 Å². The van der Waals surface area contributed by atoms with Gasteiger partial charge in [0.05, 0.1) is 18.9 Å². The lowest BCUT2D eigenvalue weighted by Crippen LogP contribution is -2.48. The average Bonchev–Trinajstić information content (AvgIpc) is 2.51. The number of carbonyl (C=O) groups excluding carboxylic acids is 2. The Hall–Kier alpha value is -1.64. The number of benzene rings is 1. The van der Waals surface area contributed by atoms with E-state index in [0.29, 0.717) is 12.1 Å². The van der Waals surface area contributed by atoms with Crippen molar-refractivity contribution < 1.29 is 22.7 Å². The van der Waals surface area contributed by atoms with Gasteiger partial charge >= 0.3 is 5.97 Å². The van der Waals surface area contributed by atoms with Crippen LogP contribution in [0, 0.1) is 5.41 Å². The summed E-state index contributed by atoms with van der Waals surface area (Å²) in [6, 6.07) is 6.15. The highest BCUT2D eigenvalue weighted by Gasteiger charge is 2.27. The van der Waals surface area contributed by atoms with Gasteiger partial charge in [-0.2, -0.15) is 0 Å². The summed E-state index contributed by atoms with van der Waals surface area (Å²) in [5, 5.41) is 2.76. The van der Waals surface area contributed by atoms with Crippen LogP contribution in [0.3, 0.4) is 0 Å². The monoisotopic (exact) mass is 406 g/mol. The molecule has 0 unspecified atom stereocenters. The summed E-state index contributed by atoms with van der Waals surface area (Å²) in [4.78, 5) is 23.1. The van der Waals surface area contributed by atoms with Gasteiger partial charge in [-0.3, -0.25) is 9.59 Å². The van der Waals surface area contributed by atoms with E-state index in [2.05, 4.69) is 10.1 Å². The Labute approximate surface area is 161 Å². The van der Waals surface area contributed by atoms with Crippen LogP contribution in [0.5, 0.6) is 0 Å². The largest absolute Gasteiger partial charge is 0.468 e. The predicted molar refractivity (Wildman–Crippen MR) is 102 cm³/mol. The number of carbonyl (C=O) groups is 2. The molecule has 1 rings (SSSR count). The van der Waals surface area contributed by atoms with Crippen LogP contribution < -0.4 is 11.1 Å². The van der Waals surface area contributed by atoms with Crippen molar-refractivity contribution in [3.05, 3.63) is 35.4 Å². The highest BCUT2D eigenvalue weighted by molar-refractivity contribution is 7.91. The van der Waals surface area contributed by atoms with Crippen LogP contribution in [0.1, 0.15) is 31.9 Å². The minimum Gasteiger partial charge on any atom is -0.468 e. The average molecular weight is 407 g/mol. The molecular formula is C17H27ClN2O5S. The zero-order valence-corrected chi connectivity index (χ0v) is 17.1. The van der Waals surface area contributed by atoms with E-state index in [-0.39, 0.29) is 29.5 Å².